The third-order valence-corrected chi connectivity index (χ3v) is 5.09. The highest BCUT2D eigenvalue weighted by atomic mass is 32.1. The van der Waals surface area contributed by atoms with Crippen molar-refractivity contribution in [3.05, 3.63) is 52.4 Å². The van der Waals surface area contributed by atoms with Crippen LogP contribution in [0.2, 0.25) is 0 Å². The van der Waals surface area contributed by atoms with Crippen molar-refractivity contribution in [3.63, 3.8) is 0 Å². The van der Waals surface area contributed by atoms with Crippen LogP contribution in [0.4, 0.5) is 11.6 Å². The first kappa shape index (κ1) is 18.7. The number of rotatable bonds is 6. The van der Waals surface area contributed by atoms with E-state index in [1.54, 1.807) is 12.1 Å². The summed E-state index contributed by atoms with van der Waals surface area (Å²) in [5.41, 5.74) is 1.37. The Morgan fingerprint density at radius 2 is 1.72 bits per heavy atom. The minimum Gasteiger partial charge on any atom is -0.493 e. The van der Waals surface area contributed by atoms with Crippen LogP contribution in [0.25, 0.3) is 16.2 Å². The average Bonchev–Trinajstić information content (AvgIpc) is 3.08. The molecule has 0 radical (unpaired) electrons. The zero-order valence-electron chi connectivity index (χ0n) is 15.9. The first-order chi connectivity index (χ1) is 14.1. The summed E-state index contributed by atoms with van der Waals surface area (Å²) in [5, 5.41) is 3.08. The summed E-state index contributed by atoms with van der Waals surface area (Å²) >= 11 is 1.14. The Labute approximate surface area is 169 Å². The van der Waals surface area contributed by atoms with Gasteiger partial charge in [-0.25, -0.2) is 14.5 Å². The lowest BCUT2D eigenvalue weighted by molar-refractivity contribution is 0.324. The van der Waals surface area contributed by atoms with Crippen molar-refractivity contribution in [3.8, 4) is 23.2 Å². The molecule has 10 heteroatoms. The Hall–Kier alpha value is -3.66. The lowest BCUT2D eigenvalue weighted by atomic mass is 10.2. The van der Waals surface area contributed by atoms with E-state index in [0.717, 1.165) is 21.6 Å². The molecule has 0 bridgehead atoms. The van der Waals surface area contributed by atoms with Crippen LogP contribution in [0.5, 0.6) is 17.2 Å². The van der Waals surface area contributed by atoms with E-state index in [4.69, 9.17) is 14.2 Å². The van der Waals surface area contributed by atoms with E-state index in [0.29, 0.717) is 22.9 Å². The van der Waals surface area contributed by atoms with Crippen LogP contribution in [0.1, 0.15) is 0 Å². The molecule has 148 valence electrons. The van der Waals surface area contributed by atoms with E-state index in [1.807, 2.05) is 24.3 Å². The number of ether oxygens (including phenoxy) is 3. The van der Waals surface area contributed by atoms with Crippen LogP contribution in [0.3, 0.4) is 0 Å². The van der Waals surface area contributed by atoms with Crippen molar-refractivity contribution in [1.82, 2.24) is 19.5 Å². The van der Waals surface area contributed by atoms with Crippen LogP contribution >= 0.6 is 11.3 Å². The van der Waals surface area contributed by atoms with Gasteiger partial charge in [-0.2, -0.15) is 4.98 Å². The van der Waals surface area contributed by atoms with Gasteiger partial charge in [0.2, 0.25) is 17.6 Å². The zero-order chi connectivity index (χ0) is 20.4. The molecule has 0 fully saturated rings. The third-order valence-electron chi connectivity index (χ3n) is 4.17. The highest BCUT2D eigenvalue weighted by Crippen LogP contribution is 2.40. The molecule has 0 amide bonds. The van der Waals surface area contributed by atoms with Gasteiger partial charge in [-0.15, -0.1) is 0 Å². The van der Waals surface area contributed by atoms with Crippen LogP contribution in [0.15, 0.2) is 47.5 Å². The molecule has 0 atom stereocenters. The molecular formula is C19H17N5O4S. The second-order valence-electron chi connectivity index (χ2n) is 5.82. The molecule has 4 rings (SSSR count). The minimum absolute atomic E-state index is 0.170. The van der Waals surface area contributed by atoms with Crippen LogP contribution in [-0.2, 0) is 0 Å². The molecule has 0 saturated heterocycles. The fraction of sp³-hybridized carbons (Fsp3) is 0.158. The fourth-order valence-electron chi connectivity index (χ4n) is 2.89. The summed E-state index contributed by atoms with van der Waals surface area (Å²) in [4.78, 5) is 25.0. The number of hydrogen-bond donors (Lipinski definition) is 1. The highest BCUT2D eigenvalue weighted by molar-refractivity contribution is 7.16. The van der Waals surface area contributed by atoms with Gasteiger partial charge >= 0.3 is 4.87 Å². The van der Waals surface area contributed by atoms with Gasteiger partial charge in [0.15, 0.2) is 11.5 Å². The molecule has 1 N–H and O–H groups in total. The van der Waals surface area contributed by atoms with Crippen LogP contribution in [0, 0.1) is 0 Å². The second-order valence-corrected chi connectivity index (χ2v) is 6.81. The quantitative estimate of drug-likeness (QED) is 0.517. The first-order valence-corrected chi connectivity index (χ1v) is 9.33. The van der Waals surface area contributed by atoms with Gasteiger partial charge in [-0.05, 0) is 12.1 Å². The predicted molar refractivity (Wildman–Crippen MR) is 110 cm³/mol. The molecule has 0 aliphatic carbocycles. The molecule has 2 aromatic heterocycles. The van der Waals surface area contributed by atoms with Crippen molar-refractivity contribution < 1.29 is 14.2 Å². The van der Waals surface area contributed by atoms with E-state index >= 15 is 0 Å². The second kappa shape index (κ2) is 7.76. The summed E-state index contributed by atoms with van der Waals surface area (Å²) in [6.45, 7) is 0. The monoisotopic (exact) mass is 411 g/mol. The molecule has 2 aromatic carbocycles. The number of nitrogens with one attached hydrogen (secondary N) is 1. The van der Waals surface area contributed by atoms with Gasteiger partial charge in [0.05, 0.1) is 31.5 Å². The molecular weight excluding hydrogens is 394 g/mol. The molecule has 4 aromatic rings. The summed E-state index contributed by atoms with van der Waals surface area (Å²) in [5.74, 6) is 1.96. The number of para-hydroxylation sites is 1. The Morgan fingerprint density at radius 3 is 2.41 bits per heavy atom. The minimum atomic E-state index is -0.170. The molecule has 0 spiro atoms. The first-order valence-electron chi connectivity index (χ1n) is 8.51. The molecule has 29 heavy (non-hydrogen) atoms. The Bertz CT molecular complexity index is 1210. The van der Waals surface area contributed by atoms with Gasteiger partial charge < -0.3 is 19.5 Å². The normalized spacial score (nSPS) is 10.7. The van der Waals surface area contributed by atoms with Crippen molar-refractivity contribution in [1.29, 1.82) is 0 Å². The van der Waals surface area contributed by atoms with E-state index in [-0.39, 0.29) is 16.8 Å². The number of benzene rings is 2. The summed E-state index contributed by atoms with van der Waals surface area (Å²) in [6.07, 6.45) is 1.35. The largest absolute Gasteiger partial charge is 0.493 e. The van der Waals surface area contributed by atoms with Crippen molar-refractivity contribution in [2.75, 3.05) is 26.6 Å². The lowest BCUT2D eigenvalue weighted by Crippen LogP contribution is -2.14. The van der Waals surface area contributed by atoms with Gasteiger partial charge in [-0.1, -0.05) is 23.5 Å². The smallest absolute Gasteiger partial charge is 0.315 e. The zero-order valence-corrected chi connectivity index (χ0v) is 16.7. The Kier molecular flexibility index (Phi) is 5.00. The lowest BCUT2D eigenvalue weighted by Gasteiger charge is -2.14. The SMILES string of the molecule is COc1cc(Nc2ncnc(-n3c(=O)sc4ccccc43)n2)cc(OC)c1OC. The van der Waals surface area contributed by atoms with Crippen LogP contribution in [-0.4, -0.2) is 40.8 Å². The Balaban J connectivity index is 1.74. The molecule has 0 unspecified atom stereocenters. The third kappa shape index (κ3) is 3.45. The van der Waals surface area contributed by atoms with Gasteiger partial charge in [0, 0.05) is 17.8 Å². The maximum Gasteiger partial charge on any atom is 0.315 e. The Morgan fingerprint density at radius 1 is 1.00 bits per heavy atom. The molecule has 0 saturated carbocycles. The number of thiazole rings is 1. The number of nitrogens with zero attached hydrogens (tertiary/aromatic N) is 4. The van der Waals surface area contributed by atoms with Crippen LogP contribution < -0.4 is 24.4 Å². The summed E-state index contributed by atoms with van der Waals surface area (Å²) < 4.78 is 18.4. The van der Waals surface area contributed by atoms with E-state index in [2.05, 4.69) is 20.3 Å². The number of fused-ring (bicyclic) bond motifs is 1. The van der Waals surface area contributed by atoms with E-state index < -0.39 is 0 Å². The predicted octanol–water partition coefficient (Wildman–Crippen LogP) is 3.01. The maximum absolute atomic E-state index is 12.5. The highest BCUT2D eigenvalue weighted by Gasteiger charge is 2.15. The number of methoxy groups -OCH3 is 3. The van der Waals surface area contributed by atoms with Gasteiger partial charge in [0.25, 0.3) is 0 Å². The number of aromatic nitrogens is 4. The molecule has 9 nitrogen and oxygen atoms in total. The summed E-state index contributed by atoms with van der Waals surface area (Å²) in [7, 11) is 4.61. The van der Waals surface area contributed by atoms with E-state index in [9.17, 15) is 4.79 Å². The fourth-order valence-corrected chi connectivity index (χ4v) is 3.76. The topological polar surface area (TPSA) is 100 Å². The van der Waals surface area contributed by atoms with Crippen molar-refractivity contribution >= 4 is 33.2 Å². The molecule has 0 aliphatic heterocycles. The van der Waals surface area contributed by atoms with E-state index in [1.165, 1.54) is 32.2 Å². The van der Waals surface area contributed by atoms with Gasteiger partial charge in [-0.3, -0.25) is 4.79 Å². The molecule has 0 aliphatic rings. The van der Waals surface area contributed by atoms with Crippen molar-refractivity contribution in [2.45, 2.75) is 0 Å². The number of anilines is 2. The average molecular weight is 411 g/mol. The standard InChI is InChI=1S/C19H17N5O4S/c1-26-13-8-11(9-14(27-2)16(13)28-3)22-17-20-10-21-18(23-17)24-12-6-4-5-7-15(12)29-19(24)25/h4-10H,1-3H3,(H,20,21,22,23). The maximum atomic E-state index is 12.5. The summed E-state index contributed by atoms with van der Waals surface area (Å²) in [6, 6.07) is 10.9. The number of hydrogen-bond acceptors (Lipinski definition) is 9. The van der Waals surface area contributed by atoms with Crippen molar-refractivity contribution in [2.24, 2.45) is 0 Å². The molecule has 2 heterocycles. The van der Waals surface area contributed by atoms with Gasteiger partial charge in [0.1, 0.15) is 6.33 Å².